The summed E-state index contributed by atoms with van der Waals surface area (Å²) < 4.78 is 16.9. The molecule has 0 aromatic rings. The van der Waals surface area contributed by atoms with E-state index in [2.05, 4.69) is 154 Å². The molecule has 0 saturated carbocycles. The Bertz CT molecular complexity index is 1680. The van der Waals surface area contributed by atoms with Crippen LogP contribution in [0.1, 0.15) is 290 Å². The number of unbranched alkanes of at least 4 members (excludes halogenated alkanes) is 25. The standard InChI is InChI=1S/C73H120O6/c1-4-7-10-13-16-19-22-25-28-30-32-33-34-35-36-37-38-39-41-42-45-48-51-54-57-60-63-66-72(75)78-69-70(68-77-71(74)65-62-59-56-53-50-47-44-27-24-21-18-15-12-9-6-3)79-73(76)67-64-61-58-55-52-49-46-43-40-31-29-26-23-20-17-14-11-8-5-2/h7,9-10,12,16-21,25-29,32-33,40,43-44,50,53,70H,4-6,8,11,13-15,22-24,30-31,34-39,41-42,45-49,51-52,54-69H2,1-3H3/b10-7-,12-9-,19-16-,20-17-,21-18-,28-25-,29-26-,33-32-,43-40-,44-27-,53-50-. The van der Waals surface area contributed by atoms with E-state index < -0.39 is 6.10 Å². The average Bonchev–Trinajstić information content (AvgIpc) is 3.45. The molecule has 0 amide bonds. The van der Waals surface area contributed by atoms with Crippen molar-refractivity contribution in [2.45, 2.75) is 297 Å². The monoisotopic (exact) mass is 1090 g/mol. The highest BCUT2D eigenvalue weighted by atomic mass is 16.6. The molecule has 0 saturated heterocycles. The van der Waals surface area contributed by atoms with Gasteiger partial charge in [0, 0.05) is 19.3 Å². The first-order chi connectivity index (χ1) is 39.0. The Hall–Kier alpha value is -4.45. The van der Waals surface area contributed by atoms with Gasteiger partial charge in [-0.05, 0) is 135 Å². The van der Waals surface area contributed by atoms with Crippen molar-refractivity contribution in [1.29, 1.82) is 0 Å². The second-order valence-corrected chi connectivity index (χ2v) is 21.3. The minimum absolute atomic E-state index is 0.0996. The molecule has 0 heterocycles. The summed E-state index contributed by atoms with van der Waals surface area (Å²) in [5, 5.41) is 0. The van der Waals surface area contributed by atoms with Crippen LogP contribution in [0.15, 0.2) is 134 Å². The van der Waals surface area contributed by atoms with Gasteiger partial charge in [-0.15, -0.1) is 0 Å². The molecule has 0 aliphatic rings. The van der Waals surface area contributed by atoms with Crippen LogP contribution in [0.25, 0.3) is 0 Å². The van der Waals surface area contributed by atoms with Gasteiger partial charge in [-0.3, -0.25) is 14.4 Å². The summed E-state index contributed by atoms with van der Waals surface area (Å²) in [5.41, 5.74) is 0. The van der Waals surface area contributed by atoms with E-state index in [1.807, 2.05) is 0 Å². The Balaban J connectivity index is 4.38. The highest BCUT2D eigenvalue weighted by Crippen LogP contribution is 2.16. The van der Waals surface area contributed by atoms with Crippen molar-refractivity contribution in [3.8, 4) is 0 Å². The van der Waals surface area contributed by atoms with Crippen molar-refractivity contribution < 1.29 is 28.6 Å². The molecule has 0 N–H and O–H groups in total. The van der Waals surface area contributed by atoms with Gasteiger partial charge >= 0.3 is 17.9 Å². The van der Waals surface area contributed by atoms with Gasteiger partial charge in [0.05, 0.1) is 0 Å². The van der Waals surface area contributed by atoms with Crippen LogP contribution in [-0.4, -0.2) is 37.2 Å². The van der Waals surface area contributed by atoms with Gasteiger partial charge < -0.3 is 14.2 Å². The predicted octanol–water partition coefficient (Wildman–Crippen LogP) is 22.5. The van der Waals surface area contributed by atoms with Gasteiger partial charge in [-0.2, -0.15) is 0 Å². The normalized spacial score (nSPS) is 13.0. The zero-order valence-corrected chi connectivity index (χ0v) is 51.3. The Labute approximate surface area is 487 Å². The maximum atomic E-state index is 12.9. The first-order valence-corrected chi connectivity index (χ1v) is 32.7. The number of allylic oxidation sites excluding steroid dienone is 22. The average molecular weight is 1090 g/mol. The quantitative estimate of drug-likeness (QED) is 0.0261. The maximum absolute atomic E-state index is 12.9. The van der Waals surface area contributed by atoms with E-state index >= 15 is 0 Å². The molecule has 0 bridgehead atoms. The fourth-order valence-corrected chi connectivity index (χ4v) is 8.79. The highest BCUT2D eigenvalue weighted by molar-refractivity contribution is 5.71. The third kappa shape index (κ3) is 64.3. The van der Waals surface area contributed by atoms with Crippen LogP contribution >= 0.6 is 0 Å². The summed E-state index contributed by atoms with van der Waals surface area (Å²) in [6.07, 6.45) is 93.2. The number of carbonyl (C=O) groups is 3. The number of carbonyl (C=O) groups excluding carboxylic acids is 3. The summed E-state index contributed by atoms with van der Waals surface area (Å²) in [4.78, 5) is 38.3. The SMILES string of the molecule is CC/C=C\C/C=C\C/C=C\C/C=C\CCCCCCCCCCCCCCCCC(=O)OCC(COC(=O)CCCC/C=C\C/C=C\C/C=C\C/C=C\CC)OC(=O)CCCCCCCC/C=C\C/C=C\C/C=C\CCCCC. The lowest BCUT2D eigenvalue weighted by molar-refractivity contribution is -0.167. The van der Waals surface area contributed by atoms with Crippen LogP contribution in [0.2, 0.25) is 0 Å². The van der Waals surface area contributed by atoms with Crippen LogP contribution in [0.3, 0.4) is 0 Å². The van der Waals surface area contributed by atoms with Gasteiger partial charge in [0.25, 0.3) is 0 Å². The van der Waals surface area contributed by atoms with Crippen molar-refractivity contribution >= 4 is 17.9 Å². The zero-order valence-electron chi connectivity index (χ0n) is 51.3. The van der Waals surface area contributed by atoms with E-state index in [0.717, 1.165) is 135 Å². The van der Waals surface area contributed by atoms with Crippen LogP contribution in [0.4, 0.5) is 0 Å². The van der Waals surface area contributed by atoms with Crippen LogP contribution in [0.5, 0.6) is 0 Å². The summed E-state index contributed by atoms with van der Waals surface area (Å²) in [6, 6.07) is 0. The molecular weight excluding hydrogens is 973 g/mol. The van der Waals surface area contributed by atoms with Crippen LogP contribution < -0.4 is 0 Å². The molecule has 0 spiro atoms. The topological polar surface area (TPSA) is 78.9 Å². The second kappa shape index (κ2) is 66.1. The Morgan fingerprint density at radius 2 is 0.494 bits per heavy atom. The smallest absolute Gasteiger partial charge is 0.306 e. The molecule has 0 aliphatic carbocycles. The molecule has 1 unspecified atom stereocenters. The van der Waals surface area contributed by atoms with Crippen molar-refractivity contribution in [2.75, 3.05) is 13.2 Å². The van der Waals surface area contributed by atoms with E-state index in [4.69, 9.17) is 14.2 Å². The maximum Gasteiger partial charge on any atom is 0.306 e. The second-order valence-electron chi connectivity index (χ2n) is 21.3. The molecule has 6 nitrogen and oxygen atoms in total. The van der Waals surface area contributed by atoms with Crippen molar-refractivity contribution in [3.05, 3.63) is 134 Å². The number of esters is 3. The Morgan fingerprint density at radius 3 is 0.797 bits per heavy atom. The number of rotatable bonds is 58. The highest BCUT2D eigenvalue weighted by Gasteiger charge is 2.19. The molecule has 0 aromatic carbocycles. The van der Waals surface area contributed by atoms with Crippen molar-refractivity contribution in [1.82, 2.24) is 0 Å². The van der Waals surface area contributed by atoms with Crippen molar-refractivity contribution in [3.63, 3.8) is 0 Å². The lowest BCUT2D eigenvalue weighted by Crippen LogP contribution is -2.30. The minimum atomic E-state index is -0.808. The van der Waals surface area contributed by atoms with Gasteiger partial charge in [0.1, 0.15) is 13.2 Å². The number of hydrogen-bond donors (Lipinski definition) is 0. The van der Waals surface area contributed by atoms with Crippen molar-refractivity contribution in [2.24, 2.45) is 0 Å². The third-order valence-corrected chi connectivity index (χ3v) is 13.6. The molecular formula is C73H120O6. The third-order valence-electron chi connectivity index (χ3n) is 13.6. The summed E-state index contributed by atoms with van der Waals surface area (Å²) in [6.45, 7) is 6.35. The zero-order chi connectivity index (χ0) is 57.1. The summed E-state index contributed by atoms with van der Waals surface area (Å²) in [7, 11) is 0. The van der Waals surface area contributed by atoms with Gasteiger partial charge in [0.2, 0.25) is 0 Å². The van der Waals surface area contributed by atoms with Crippen LogP contribution in [-0.2, 0) is 28.6 Å². The van der Waals surface area contributed by atoms with Gasteiger partial charge in [-0.1, -0.05) is 270 Å². The summed E-state index contributed by atoms with van der Waals surface area (Å²) >= 11 is 0. The Morgan fingerprint density at radius 1 is 0.266 bits per heavy atom. The molecule has 1 atom stereocenters. The lowest BCUT2D eigenvalue weighted by Gasteiger charge is -2.18. The molecule has 0 fully saturated rings. The number of hydrogen-bond acceptors (Lipinski definition) is 6. The van der Waals surface area contributed by atoms with E-state index in [1.54, 1.807) is 0 Å². The van der Waals surface area contributed by atoms with Gasteiger partial charge in [-0.25, -0.2) is 0 Å². The Kier molecular flexibility index (Phi) is 62.3. The summed E-state index contributed by atoms with van der Waals surface area (Å²) in [5.74, 6) is -0.952. The lowest BCUT2D eigenvalue weighted by atomic mass is 10.0. The molecule has 79 heavy (non-hydrogen) atoms. The van der Waals surface area contributed by atoms with E-state index in [0.29, 0.717) is 19.3 Å². The fraction of sp³-hybridized carbons (Fsp3) is 0.658. The molecule has 0 radical (unpaired) electrons. The predicted molar refractivity (Wildman–Crippen MR) is 343 cm³/mol. The van der Waals surface area contributed by atoms with E-state index in [1.165, 1.54) is 116 Å². The minimum Gasteiger partial charge on any atom is -0.462 e. The number of ether oxygens (including phenoxy) is 3. The molecule has 448 valence electrons. The molecule has 0 aliphatic heterocycles. The largest absolute Gasteiger partial charge is 0.462 e. The molecule has 6 heteroatoms. The molecule has 0 rings (SSSR count). The first-order valence-electron chi connectivity index (χ1n) is 32.7. The van der Waals surface area contributed by atoms with E-state index in [-0.39, 0.29) is 31.1 Å². The first kappa shape index (κ1) is 74.5. The molecule has 0 aromatic heterocycles. The van der Waals surface area contributed by atoms with E-state index in [9.17, 15) is 14.4 Å². The fourth-order valence-electron chi connectivity index (χ4n) is 8.79. The van der Waals surface area contributed by atoms with Crippen LogP contribution in [0, 0.1) is 0 Å². The van der Waals surface area contributed by atoms with Gasteiger partial charge in [0.15, 0.2) is 6.10 Å².